The lowest BCUT2D eigenvalue weighted by atomic mass is 10.2. The number of fused-ring (bicyclic) bond motifs is 1. The third kappa shape index (κ3) is 3.54. The summed E-state index contributed by atoms with van der Waals surface area (Å²) < 4.78 is 15.7. The highest BCUT2D eigenvalue weighted by Crippen LogP contribution is 2.36. The lowest BCUT2D eigenvalue weighted by Crippen LogP contribution is -2.29. The Kier molecular flexibility index (Phi) is 5.06. The van der Waals surface area contributed by atoms with E-state index in [4.69, 9.17) is 21.7 Å². The number of benzene rings is 1. The first-order chi connectivity index (χ1) is 11.6. The van der Waals surface area contributed by atoms with Gasteiger partial charge in [0, 0.05) is 13.0 Å². The third-order valence-corrected chi connectivity index (χ3v) is 4.94. The monoisotopic (exact) mass is 365 g/mol. The molecule has 24 heavy (non-hydrogen) atoms. The number of nitrogens with zero attached hydrogens (tertiary/aromatic N) is 1. The van der Waals surface area contributed by atoms with E-state index in [1.54, 1.807) is 6.08 Å². The molecule has 0 aliphatic carbocycles. The highest BCUT2D eigenvalue weighted by atomic mass is 32.2. The number of hydrogen-bond donors (Lipinski definition) is 0. The second kappa shape index (κ2) is 7.23. The summed E-state index contributed by atoms with van der Waals surface area (Å²) in [5.74, 6) is 0.920. The van der Waals surface area contributed by atoms with Crippen LogP contribution < -0.4 is 9.47 Å². The third-order valence-electron chi connectivity index (χ3n) is 3.56. The van der Waals surface area contributed by atoms with Crippen LogP contribution in [0.5, 0.6) is 11.5 Å². The van der Waals surface area contributed by atoms with Gasteiger partial charge in [0.05, 0.1) is 12.0 Å². The highest BCUT2D eigenvalue weighted by Gasteiger charge is 2.31. The molecule has 0 atom stereocenters. The van der Waals surface area contributed by atoms with Gasteiger partial charge in [-0.05, 0) is 30.2 Å². The largest absolute Gasteiger partial charge is 0.469 e. The van der Waals surface area contributed by atoms with E-state index >= 15 is 0 Å². The molecule has 0 aromatic heterocycles. The van der Waals surface area contributed by atoms with Gasteiger partial charge in [0.2, 0.25) is 6.79 Å². The normalized spacial score (nSPS) is 17.7. The zero-order valence-corrected chi connectivity index (χ0v) is 14.6. The summed E-state index contributed by atoms with van der Waals surface area (Å²) in [6, 6.07) is 5.49. The van der Waals surface area contributed by atoms with E-state index in [0.29, 0.717) is 33.7 Å². The van der Waals surface area contributed by atoms with E-state index in [1.807, 2.05) is 18.2 Å². The maximum absolute atomic E-state index is 12.5. The van der Waals surface area contributed by atoms with Gasteiger partial charge in [0.15, 0.2) is 11.5 Å². The van der Waals surface area contributed by atoms with Crippen LogP contribution in [0.2, 0.25) is 0 Å². The molecule has 126 valence electrons. The van der Waals surface area contributed by atoms with E-state index in [1.165, 1.54) is 23.8 Å². The number of rotatable bonds is 5. The van der Waals surface area contributed by atoms with E-state index in [-0.39, 0.29) is 25.1 Å². The number of thiocarbonyl (C=S) groups is 1. The summed E-state index contributed by atoms with van der Waals surface area (Å²) in [5.41, 5.74) is 0.842. The van der Waals surface area contributed by atoms with Crippen molar-refractivity contribution in [1.29, 1.82) is 0 Å². The van der Waals surface area contributed by atoms with Crippen molar-refractivity contribution < 1.29 is 23.8 Å². The van der Waals surface area contributed by atoms with Crippen molar-refractivity contribution in [1.82, 2.24) is 4.90 Å². The number of ether oxygens (including phenoxy) is 3. The Morgan fingerprint density at radius 2 is 2.21 bits per heavy atom. The number of hydrogen-bond acceptors (Lipinski definition) is 7. The Morgan fingerprint density at radius 1 is 1.42 bits per heavy atom. The van der Waals surface area contributed by atoms with Gasteiger partial charge < -0.3 is 14.2 Å². The van der Waals surface area contributed by atoms with Crippen LogP contribution in [0.3, 0.4) is 0 Å². The molecule has 1 saturated heterocycles. The number of amides is 1. The van der Waals surface area contributed by atoms with Crippen molar-refractivity contribution in [3.8, 4) is 11.5 Å². The molecule has 0 spiro atoms. The molecular weight excluding hydrogens is 350 g/mol. The van der Waals surface area contributed by atoms with Gasteiger partial charge >= 0.3 is 5.97 Å². The summed E-state index contributed by atoms with van der Waals surface area (Å²) in [4.78, 5) is 25.7. The number of carbonyl (C=O) groups is 2. The fraction of sp³-hybridized carbons (Fsp3) is 0.312. The molecular formula is C16H15NO5S2. The van der Waals surface area contributed by atoms with Gasteiger partial charge in [-0.15, -0.1) is 0 Å². The minimum Gasteiger partial charge on any atom is -0.469 e. The molecule has 0 bridgehead atoms. The summed E-state index contributed by atoms with van der Waals surface area (Å²) in [6.07, 6.45) is 2.55. The molecule has 0 radical (unpaired) electrons. The Hall–Kier alpha value is -2.06. The highest BCUT2D eigenvalue weighted by molar-refractivity contribution is 8.26. The average Bonchev–Trinajstić information content (AvgIpc) is 3.14. The molecule has 1 aromatic carbocycles. The van der Waals surface area contributed by atoms with Crippen molar-refractivity contribution in [3.05, 3.63) is 28.7 Å². The van der Waals surface area contributed by atoms with Gasteiger partial charge in [-0.3, -0.25) is 14.5 Å². The zero-order chi connectivity index (χ0) is 17.1. The predicted octanol–water partition coefficient (Wildman–Crippen LogP) is 2.57. The molecule has 1 fully saturated rings. The molecule has 2 aliphatic rings. The number of methoxy groups -OCH3 is 1. The number of carbonyl (C=O) groups excluding carboxylic acids is 2. The van der Waals surface area contributed by atoms with Crippen LogP contribution in [0.1, 0.15) is 18.4 Å². The van der Waals surface area contributed by atoms with Crippen molar-refractivity contribution >= 4 is 46.3 Å². The first kappa shape index (κ1) is 16.8. The zero-order valence-electron chi connectivity index (χ0n) is 12.9. The Labute approximate surface area is 148 Å². The lowest BCUT2D eigenvalue weighted by molar-refractivity contribution is -0.141. The first-order valence-corrected chi connectivity index (χ1v) is 8.53. The Balaban J connectivity index is 1.68. The topological polar surface area (TPSA) is 65.1 Å². The molecule has 6 nitrogen and oxygen atoms in total. The van der Waals surface area contributed by atoms with Gasteiger partial charge in [0.25, 0.3) is 5.91 Å². The van der Waals surface area contributed by atoms with Gasteiger partial charge in [-0.25, -0.2) is 0 Å². The van der Waals surface area contributed by atoms with Crippen molar-refractivity contribution in [3.63, 3.8) is 0 Å². The maximum Gasteiger partial charge on any atom is 0.305 e. The summed E-state index contributed by atoms with van der Waals surface area (Å²) in [5, 5.41) is 0. The van der Waals surface area contributed by atoms with Crippen LogP contribution in [0, 0.1) is 0 Å². The second-order valence-corrected chi connectivity index (χ2v) is 6.80. The quantitative estimate of drug-likeness (QED) is 0.451. The molecule has 3 rings (SSSR count). The lowest BCUT2D eigenvalue weighted by Gasteiger charge is -2.13. The molecule has 0 unspecified atom stereocenters. The second-order valence-electron chi connectivity index (χ2n) is 5.13. The van der Waals surface area contributed by atoms with Crippen LogP contribution in [-0.4, -0.2) is 41.5 Å². The summed E-state index contributed by atoms with van der Waals surface area (Å²) >= 11 is 6.52. The van der Waals surface area contributed by atoms with Gasteiger partial charge in [-0.2, -0.15) is 0 Å². The predicted molar refractivity (Wildman–Crippen MR) is 93.7 cm³/mol. The minimum atomic E-state index is -0.295. The van der Waals surface area contributed by atoms with Crippen LogP contribution in [0.25, 0.3) is 6.08 Å². The van der Waals surface area contributed by atoms with Crippen molar-refractivity contribution in [2.45, 2.75) is 12.8 Å². The average molecular weight is 365 g/mol. The van der Waals surface area contributed by atoms with E-state index in [0.717, 1.165) is 5.56 Å². The molecule has 0 N–H and O–H groups in total. The van der Waals surface area contributed by atoms with Gasteiger partial charge in [0.1, 0.15) is 4.32 Å². The van der Waals surface area contributed by atoms with Gasteiger partial charge in [-0.1, -0.05) is 30.0 Å². The fourth-order valence-corrected chi connectivity index (χ4v) is 3.64. The summed E-state index contributed by atoms with van der Waals surface area (Å²) in [7, 11) is 1.34. The van der Waals surface area contributed by atoms with Crippen LogP contribution >= 0.6 is 24.0 Å². The van der Waals surface area contributed by atoms with E-state index in [2.05, 4.69) is 4.74 Å². The number of thioether (sulfide) groups is 1. The molecule has 2 aliphatic heterocycles. The van der Waals surface area contributed by atoms with Crippen LogP contribution in [0.15, 0.2) is 23.1 Å². The Bertz CT molecular complexity index is 731. The van der Waals surface area contributed by atoms with Crippen molar-refractivity contribution in [2.24, 2.45) is 0 Å². The SMILES string of the molecule is COC(=O)CCCN1C(=O)/C(=C/c2ccc3c(c2)OCO3)SC1=S. The fourth-order valence-electron chi connectivity index (χ4n) is 2.33. The molecule has 0 saturated carbocycles. The van der Waals surface area contributed by atoms with Crippen LogP contribution in [-0.2, 0) is 14.3 Å². The number of esters is 1. The maximum atomic E-state index is 12.5. The minimum absolute atomic E-state index is 0.146. The van der Waals surface area contributed by atoms with E-state index < -0.39 is 0 Å². The van der Waals surface area contributed by atoms with Crippen LogP contribution in [0.4, 0.5) is 0 Å². The molecule has 1 aromatic rings. The standard InChI is InChI=1S/C16H15NO5S2/c1-20-14(18)3-2-6-17-15(19)13(24-16(17)23)8-10-4-5-11-12(7-10)22-9-21-11/h4-5,7-8H,2-3,6,9H2,1H3/b13-8-. The molecule has 1 amide bonds. The molecule has 8 heteroatoms. The first-order valence-electron chi connectivity index (χ1n) is 7.30. The Morgan fingerprint density at radius 3 is 3.00 bits per heavy atom. The smallest absolute Gasteiger partial charge is 0.305 e. The molecule has 2 heterocycles. The van der Waals surface area contributed by atoms with Crippen molar-refractivity contribution in [2.75, 3.05) is 20.4 Å². The summed E-state index contributed by atoms with van der Waals surface area (Å²) in [6.45, 7) is 0.610. The van der Waals surface area contributed by atoms with E-state index in [9.17, 15) is 9.59 Å².